The molecule has 0 aliphatic carbocycles. The Balaban J connectivity index is 1.92. The number of hydrogen-bond donors (Lipinski definition) is 0. The van der Waals surface area contributed by atoms with Crippen LogP contribution in [0.3, 0.4) is 0 Å². The van der Waals surface area contributed by atoms with Crippen LogP contribution in [0.5, 0.6) is 0 Å². The Morgan fingerprint density at radius 3 is 2.71 bits per heavy atom. The van der Waals surface area contributed by atoms with Gasteiger partial charge in [0.15, 0.2) is 0 Å². The zero-order valence-electron chi connectivity index (χ0n) is 11.5. The van der Waals surface area contributed by atoms with Crippen LogP contribution >= 0.6 is 22.9 Å². The summed E-state index contributed by atoms with van der Waals surface area (Å²) >= 11 is 7.16. The van der Waals surface area contributed by atoms with Crippen LogP contribution in [0.1, 0.15) is 22.4 Å². The fourth-order valence-electron chi connectivity index (χ4n) is 2.59. The molecule has 2 aromatic rings. The SMILES string of the molecule is O=S(=O)(c1csc(CCl)c1)N1CCCc2ccccc2C1. The van der Waals surface area contributed by atoms with Gasteiger partial charge < -0.3 is 0 Å². The predicted octanol–water partition coefficient (Wildman–Crippen LogP) is 3.62. The monoisotopic (exact) mass is 341 g/mol. The molecule has 0 N–H and O–H groups in total. The second-order valence-electron chi connectivity index (χ2n) is 5.09. The number of halogens is 1. The van der Waals surface area contributed by atoms with Crippen molar-refractivity contribution in [1.29, 1.82) is 0 Å². The molecular formula is C15H16ClNO2S2. The van der Waals surface area contributed by atoms with Crippen LogP contribution in [0.15, 0.2) is 40.6 Å². The molecule has 0 radical (unpaired) electrons. The first kappa shape index (κ1) is 15.0. The minimum Gasteiger partial charge on any atom is -0.207 e. The summed E-state index contributed by atoms with van der Waals surface area (Å²) in [5.41, 5.74) is 2.35. The first-order valence-corrected chi connectivity index (χ1v) is 9.67. The Morgan fingerprint density at radius 1 is 1.24 bits per heavy atom. The molecule has 1 aromatic heterocycles. The minimum atomic E-state index is -3.43. The van der Waals surface area contributed by atoms with Crippen LogP contribution in [0.25, 0.3) is 0 Å². The smallest absolute Gasteiger partial charge is 0.207 e. The van der Waals surface area contributed by atoms with Gasteiger partial charge in [0.2, 0.25) is 10.0 Å². The van der Waals surface area contributed by atoms with Crippen LogP contribution in [0.2, 0.25) is 0 Å². The van der Waals surface area contributed by atoms with Gasteiger partial charge in [-0.2, -0.15) is 4.31 Å². The number of thiophene rings is 1. The molecule has 1 aliphatic heterocycles. The first-order valence-electron chi connectivity index (χ1n) is 6.81. The van der Waals surface area contributed by atoms with E-state index in [-0.39, 0.29) is 0 Å². The largest absolute Gasteiger partial charge is 0.244 e. The van der Waals surface area contributed by atoms with Gasteiger partial charge in [0.1, 0.15) is 0 Å². The van der Waals surface area contributed by atoms with Crippen molar-refractivity contribution < 1.29 is 8.42 Å². The number of alkyl halides is 1. The van der Waals surface area contributed by atoms with E-state index in [2.05, 4.69) is 6.07 Å². The number of sulfonamides is 1. The van der Waals surface area contributed by atoms with Crippen molar-refractivity contribution in [2.75, 3.05) is 6.54 Å². The van der Waals surface area contributed by atoms with Gasteiger partial charge in [0, 0.05) is 23.3 Å². The van der Waals surface area contributed by atoms with Crippen molar-refractivity contribution in [2.24, 2.45) is 0 Å². The molecule has 6 heteroatoms. The molecule has 0 fully saturated rings. The number of fused-ring (bicyclic) bond motifs is 1. The second-order valence-corrected chi connectivity index (χ2v) is 8.29. The van der Waals surface area contributed by atoms with Crippen molar-refractivity contribution in [3.05, 3.63) is 51.7 Å². The van der Waals surface area contributed by atoms with Crippen molar-refractivity contribution in [2.45, 2.75) is 30.2 Å². The lowest BCUT2D eigenvalue weighted by Crippen LogP contribution is -2.30. The maximum absolute atomic E-state index is 12.8. The van der Waals surface area contributed by atoms with E-state index < -0.39 is 10.0 Å². The van der Waals surface area contributed by atoms with Gasteiger partial charge in [0.05, 0.1) is 10.8 Å². The predicted molar refractivity (Wildman–Crippen MR) is 86.2 cm³/mol. The van der Waals surface area contributed by atoms with Crippen LogP contribution < -0.4 is 0 Å². The van der Waals surface area contributed by atoms with Crippen molar-refractivity contribution in [1.82, 2.24) is 4.31 Å². The molecule has 0 saturated carbocycles. The standard InChI is InChI=1S/C15H16ClNO2S2/c16-9-14-8-15(11-20-14)21(18,19)17-7-3-6-12-4-1-2-5-13(12)10-17/h1-2,4-5,8,11H,3,6-7,9-10H2. The first-order chi connectivity index (χ1) is 10.1. The number of aryl methyl sites for hydroxylation is 1. The zero-order valence-corrected chi connectivity index (χ0v) is 13.8. The van der Waals surface area contributed by atoms with Crippen LogP contribution in [-0.2, 0) is 28.9 Å². The molecule has 1 aliphatic rings. The molecular weight excluding hydrogens is 326 g/mol. The average molecular weight is 342 g/mol. The van der Waals surface area contributed by atoms with Gasteiger partial charge in [0.25, 0.3) is 0 Å². The fourth-order valence-corrected chi connectivity index (χ4v) is 5.42. The van der Waals surface area contributed by atoms with E-state index in [0.717, 1.165) is 23.3 Å². The highest BCUT2D eigenvalue weighted by atomic mass is 35.5. The molecule has 3 rings (SSSR count). The summed E-state index contributed by atoms with van der Waals surface area (Å²) in [6, 6.07) is 9.76. The van der Waals surface area contributed by atoms with E-state index >= 15 is 0 Å². The Bertz CT molecular complexity index is 740. The third kappa shape index (κ3) is 3.01. The lowest BCUT2D eigenvalue weighted by Gasteiger charge is -2.19. The molecule has 112 valence electrons. The third-order valence-electron chi connectivity index (χ3n) is 3.72. The highest BCUT2D eigenvalue weighted by Gasteiger charge is 2.27. The lowest BCUT2D eigenvalue weighted by atomic mass is 10.0. The molecule has 0 spiro atoms. The van der Waals surface area contributed by atoms with Gasteiger partial charge in [-0.1, -0.05) is 24.3 Å². The zero-order chi connectivity index (χ0) is 14.9. The molecule has 2 heterocycles. The average Bonchev–Trinajstić information content (AvgIpc) is 2.87. The third-order valence-corrected chi connectivity index (χ3v) is 7.07. The summed E-state index contributed by atoms with van der Waals surface area (Å²) in [6.45, 7) is 1.01. The summed E-state index contributed by atoms with van der Waals surface area (Å²) in [5, 5.41) is 1.68. The molecule has 0 saturated heterocycles. The van der Waals surface area contributed by atoms with Gasteiger partial charge in [-0.15, -0.1) is 22.9 Å². The van der Waals surface area contributed by atoms with E-state index in [9.17, 15) is 8.42 Å². The van der Waals surface area contributed by atoms with Crippen molar-refractivity contribution in [3.8, 4) is 0 Å². The van der Waals surface area contributed by atoms with Gasteiger partial charge in [-0.25, -0.2) is 8.42 Å². The second kappa shape index (κ2) is 6.08. The molecule has 0 bridgehead atoms. The molecule has 3 nitrogen and oxygen atoms in total. The minimum absolute atomic E-state index is 0.350. The number of rotatable bonds is 3. The van der Waals surface area contributed by atoms with Crippen molar-refractivity contribution in [3.63, 3.8) is 0 Å². The summed E-state index contributed by atoms with van der Waals surface area (Å²) in [5.74, 6) is 0.350. The van der Waals surface area contributed by atoms with E-state index in [1.807, 2.05) is 18.2 Å². The Kier molecular flexibility index (Phi) is 4.36. The van der Waals surface area contributed by atoms with E-state index in [4.69, 9.17) is 11.6 Å². The maximum Gasteiger partial charge on any atom is 0.244 e. The molecule has 0 atom stereocenters. The highest BCUT2D eigenvalue weighted by molar-refractivity contribution is 7.89. The van der Waals surface area contributed by atoms with E-state index in [1.54, 1.807) is 15.8 Å². The van der Waals surface area contributed by atoms with Crippen LogP contribution in [-0.4, -0.2) is 19.3 Å². The highest BCUT2D eigenvalue weighted by Crippen LogP contribution is 2.27. The molecule has 0 unspecified atom stereocenters. The summed E-state index contributed by atoms with van der Waals surface area (Å²) in [6.07, 6.45) is 1.78. The summed E-state index contributed by atoms with van der Waals surface area (Å²) in [7, 11) is -3.43. The number of benzene rings is 1. The molecule has 1 aromatic carbocycles. The number of nitrogens with zero attached hydrogens (tertiary/aromatic N) is 1. The Morgan fingerprint density at radius 2 is 2.00 bits per heavy atom. The van der Waals surface area contributed by atoms with Gasteiger partial charge >= 0.3 is 0 Å². The van der Waals surface area contributed by atoms with Crippen LogP contribution in [0, 0.1) is 0 Å². The number of hydrogen-bond acceptors (Lipinski definition) is 3. The van der Waals surface area contributed by atoms with Gasteiger partial charge in [-0.3, -0.25) is 0 Å². The van der Waals surface area contributed by atoms with Crippen LogP contribution in [0.4, 0.5) is 0 Å². The van der Waals surface area contributed by atoms with E-state index in [0.29, 0.717) is 23.9 Å². The molecule has 21 heavy (non-hydrogen) atoms. The summed E-state index contributed by atoms with van der Waals surface area (Å²) in [4.78, 5) is 1.24. The summed E-state index contributed by atoms with van der Waals surface area (Å²) < 4.78 is 27.1. The fraction of sp³-hybridized carbons (Fsp3) is 0.333. The normalized spacial score (nSPS) is 16.4. The molecule has 0 amide bonds. The quantitative estimate of drug-likeness (QED) is 0.799. The van der Waals surface area contributed by atoms with Gasteiger partial charge in [-0.05, 0) is 30.0 Å². The Labute approximate surface area is 134 Å². The Hall–Kier alpha value is -0.880. The topological polar surface area (TPSA) is 37.4 Å². The van der Waals surface area contributed by atoms with E-state index in [1.165, 1.54) is 16.9 Å². The van der Waals surface area contributed by atoms with Crippen molar-refractivity contribution >= 4 is 33.0 Å². The maximum atomic E-state index is 12.8. The lowest BCUT2D eigenvalue weighted by molar-refractivity contribution is 0.410.